The van der Waals surface area contributed by atoms with Crippen molar-refractivity contribution in [3.63, 3.8) is 0 Å². The maximum atomic E-state index is 11.8. The Morgan fingerprint density at radius 2 is 2.18 bits per heavy atom. The van der Waals surface area contributed by atoms with E-state index in [2.05, 4.69) is 21.4 Å². The number of aryl methyl sites for hydroxylation is 1. The van der Waals surface area contributed by atoms with Gasteiger partial charge in [0.25, 0.3) is 0 Å². The Kier molecular flexibility index (Phi) is 3.78. The summed E-state index contributed by atoms with van der Waals surface area (Å²) < 4.78 is 4.97. The Hall–Kier alpha value is -2.82. The third-order valence-corrected chi connectivity index (χ3v) is 3.37. The summed E-state index contributed by atoms with van der Waals surface area (Å²) in [4.78, 5) is 19.2. The molecule has 5 nitrogen and oxygen atoms in total. The van der Waals surface area contributed by atoms with Crippen LogP contribution in [-0.4, -0.2) is 22.7 Å². The molecule has 22 heavy (non-hydrogen) atoms. The number of carbonyl (C=O) groups is 1. The fourth-order valence-corrected chi connectivity index (χ4v) is 2.46. The summed E-state index contributed by atoms with van der Waals surface area (Å²) in [5, 5.41) is 3.83. The zero-order valence-corrected chi connectivity index (χ0v) is 12.5. The van der Waals surface area contributed by atoms with Crippen molar-refractivity contribution in [3.8, 4) is 11.1 Å². The van der Waals surface area contributed by atoms with Gasteiger partial charge >= 0.3 is 6.09 Å². The van der Waals surface area contributed by atoms with Crippen LogP contribution in [0, 0.1) is 6.92 Å². The van der Waals surface area contributed by atoms with Gasteiger partial charge in [0.2, 0.25) is 0 Å². The number of amides is 1. The summed E-state index contributed by atoms with van der Waals surface area (Å²) in [6, 6.07) is 9.92. The first kappa shape index (κ1) is 14.1. The molecule has 2 aromatic heterocycles. The number of nitrogens with zero attached hydrogens (tertiary/aromatic N) is 1. The summed E-state index contributed by atoms with van der Waals surface area (Å²) in [6.07, 6.45) is 3.08. The van der Waals surface area contributed by atoms with Crippen LogP contribution in [-0.2, 0) is 4.74 Å². The number of nitrogens with one attached hydrogen (secondary N) is 2. The standard InChI is InChI=1S/C17H17N3O2/c1-3-22-17(21)20-15-9-13(12-5-4-6-18-10-12)8-14-7-11(2)19-16(14)15/h4-10,19H,3H2,1-2H3,(H,20,21). The van der Waals surface area contributed by atoms with Crippen LogP contribution < -0.4 is 5.32 Å². The number of anilines is 1. The zero-order valence-electron chi connectivity index (χ0n) is 12.5. The van der Waals surface area contributed by atoms with E-state index in [-0.39, 0.29) is 0 Å². The van der Waals surface area contributed by atoms with E-state index in [1.54, 1.807) is 19.3 Å². The van der Waals surface area contributed by atoms with E-state index in [1.165, 1.54) is 0 Å². The number of rotatable bonds is 3. The Bertz CT molecular complexity index is 809. The molecule has 3 rings (SSSR count). The molecule has 1 amide bonds. The summed E-state index contributed by atoms with van der Waals surface area (Å²) in [7, 11) is 0. The van der Waals surface area contributed by atoms with E-state index in [4.69, 9.17) is 4.74 Å². The number of aromatic amines is 1. The molecule has 0 fully saturated rings. The molecule has 0 unspecified atom stereocenters. The molecule has 3 aromatic rings. The minimum absolute atomic E-state index is 0.334. The minimum atomic E-state index is -0.459. The van der Waals surface area contributed by atoms with Gasteiger partial charge in [-0.05, 0) is 43.7 Å². The van der Waals surface area contributed by atoms with Crippen molar-refractivity contribution in [2.24, 2.45) is 0 Å². The number of ether oxygens (including phenoxy) is 1. The van der Waals surface area contributed by atoms with E-state index in [1.807, 2.05) is 31.2 Å². The quantitative estimate of drug-likeness (QED) is 0.764. The molecule has 0 radical (unpaired) electrons. The second-order valence-corrected chi connectivity index (χ2v) is 5.03. The Labute approximate surface area is 128 Å². The highest BCUT2D eigenvalue weighted by atomic mass is 16.5. The molecule has 2 N–H and O–H groups in total. The molecular formula is C17H17N3O2. The number of hydrogen-bond acceptors (Lipinski definition) is 3. The van der Waals surface area contributed by atoms with E-state index in [0.717, 1.165) is 27.7 Å². The number of H-pyrrole nitrogens is 1. The van der Waals surface area contributed by atoms with Crippen LogP contribution in [0.1, 0.15) is 12.6 Å². The largest absolute Gasteiger partial charge is 0.450 e. The molecule has 0 saturated heterocycles. The first-order valence-electron chi connectivity index (χ1n) is 7.15. The van der Waals surface area contributed by atoms with Gasteiger partial charge < -0.3 is 9.72 Å². The van der Waals surface area contributed by atoms with Crippen LogP contribution in [0.15, 0.2) is 42.7 Å². The fourth-order valence-electron chi connectivity index (χ4n) is 2.46. The highest BCUT2D eigenvalue weighted by Crippen LogP contribution is 2.31. The predicted molar refractivity (Wildman–Crippen MR) is 86.9 cm³/mol. The topological polar surface area (TPSA) is 67.0 Å². The molecule has 0 aliphatic rings. The fraction of sp³-hybridized carbons (Fsp3) is 0.176. The Morgan fingerprint density at radius 1 is 1.32 bits per heavy atom. The number of fused-ring (bicyclic) bond motifs is 1. The Balaban J connectivity index is 2.10. The molecular weight excluding hydrogens is 278 g/mol. The van der Waals surface area contributed by atoms with E-state index in [0.29, 0.717) is 12.3 Å². The Morgan fingerprint density at radius 3 is 2.91 bits per heavy atom. The average Bonchev–Trinajstić information content (AvgIpc) is 2.89. The number of carbonyl (C=O) groups excluding carboxylic acids is 1. The van der Waals surface area contributed by atoms with Gasteiger partial charge in [-0.3, -0.25) is 10.3 Å². The molecule has 5 heteroatoms. The van der Waals surface area contributed by atoms with Crippen LogP contribution in [0.3, 0.4) is 0 Å². The lowest BCUT2D eigenvalue weighted by atomic mass is 10.0. The van der Waals surface area contributed by atoms with Crippen molar-refractivity contribution in [1.82, 2.24) is 9.97 Å². The lowest BCUT2D eigenvalue weighted by Gasteiger charge is -2.09. The first-order chi connectivity index (χ1) is 10.7. The highest BCUT2D eigenvalue weighted by molar-refractivity contribution is 6.01. The van der Waals surface area contributed by atoms with Crippen molar-refractivity contribution in [1.29, 1.82) is 0 Å². The first-order valence-corrected chi connectivity index (χ1v) is 7.15. The normalized spacial score (nSPS) is 10.6. The van der Waals surface area contributed by atoms with Crippen molar-refractivity contribution >= 4 is 22.7 Å². The average molecular weight is 295 g/mol. The van der Waals surface area contributed by atoms with Crippen molar-refractivity contribution < 1.29 is 9.53 Å². The minimum Gasteiger partial charge on any atom is -0.450 e. The number of benzene rings is 1. The second-order valence-electron chi connectivity index (χ2n) is 5.03. The third-order valence-electron chi connectivity index (χ3n) is 3.37. The zero-order chi connectivity index (χ0) is 15.5. The summed E-state index contributed by atoms with van der Waals surface area (Å²) in [6.45, 7) is 4.10. The SMILES string of the molecule is CCOC(=O)Nc1cc(-c2cccnc2)cc2cc(C)[nH]c12. The molecule has 0 spiro atoms. The molecule has 0 aliphatic heterocycles. The van der Waals surface area contributed by atoms with Gasteiger partial charge in [-0.25, -0.2) is 4.79 Å². The van der Waals surface area contributed by atoms with Gasteiger partial charge in [0.05, 0.1) is 17.8 Å². The van der Waals surface area contributed by atoms with Crippen molar-refractivity contribution in [2.75, 3.05) is 11.9 Å². The summed E-state index contributed by atoms with van der Waals surface area (Å²) >= 11 is 0. The monoisotopic (exact) mass is 295 g/mol. The van der Waals surface area contributed by atoms with Gasteiger partial charge in [-0.2, -0.15) is 0 Å². The van der Waals surface area contributed by atoms with Gasteiger partial charge in [0.1, 0.15) is 0 Å². The van der Waals surface area contributed by atoms with E-state index in [9.17, 15) is 4.79 Å². The van der Waals surface area contributed by atoms with Crippen LogP contribution in [0.25, 0.3) is 22.0 Å². The number of pyridine rings is 1. The summed E-state index contributed by atoms with van der Waals surface area (Å²) in [5.74, 6) is 0. The smallest absolute Gasteiger partial charge is 0.411 e. The molecule has 0 saturated carbocycles. The predicted octanol–water partition coefficient (Wildman–Crippen LogP) is 4.11. The molecule has 112 valence electrons. The highest BCUT2D eigenvalue weighted by Gasteiger charge is 2.11. The molecule has 0 aliphatic carbocycles. The van der Waals surface area contributed by atoms with Crippen molar-refractivity contribution in [3.05, 3.63) is 48.4 Å². The lowest BCUT2D eigenvalue weighted by Crippen LogP contribution is -2.13. The summed E-state index contributed by atoms with van der Waals surface area (Å²) in [5.41, 5.74) is 4.60. The number of aromatic nitrogens is 2. The molecule has 0 atom stereocenters. The van der Waals surface area contributed by atoms with Crippen LogP contribution in [0.4, 0.5) is 10.5 Å². The van der Waals surface area contributed by atoms with Gasteiger partial charge in [-0.15, -0.1) is 0 Å². The van der Waals surface area contributed by atoms with Crippen LogP contribution >= 0.6 is 0 Å². The van der Waals surface area contributed by atoms with E-state index < -0.39 is 6.09 Å². The van der Waals surface area contributed by atoms with Crippen LogP contribution in [0.5, 0.6) is 0 Å². The lowest BCUT2D eigenvalue weighted by molar-refractivity contribution is 0.168. The number of hydrogen-bond donors (Lipinski definition) is 2. The molecule has 2 heterocycles. The van der Waals surface area contributed by atoms with E-state index >= 15 is 0 Å². The van der Waals surface area contributed by atoms with Crippen LogP contribution in [0.2, 0.25) is 0 Å². The second kappa shape index (κ2) is 5.89. The van der Waals surface area contributed by atoms with Gasteiger partial charge in [0.15, 0.2) is 0 Å². The third kappa shape index (κ3) is 2.79. The van der Waals surface area contributed by atoms with Gasteiger partial charge in [-0.1, -0.05) is 6.07 Å². The molecule has 1 aromatic carbocycles. The maximum absolute atomic E-state index is 11.8. The maximum Gasteiger partial charge on any atom is 0.411 e. The molecule has 0 bridgehead atoms. The van der Waals surface area contributed by atoms with Crippen molar-refractivity contribution in [2.45, 2.75) is 13.8 Å². The van der Waals surface area contributed by atoms with Gasteiger partial charge in [0, 0.05) is 29.0 Å².